The van der Waals surface area contributed by atoms with Crippen LogP contribution in [0.5, 0.6) is 0 Å². The molecule has 1 N–H and O–H groups in total. The molecule has 1 aromatic heterocycles. The molecule has 0 aliphatic heterocycles. The topological polar surface area (TPSA) is 34.0 Å². The van der Waals surface area contributed by atoms with Crippen LogP contribution in [-0.4, -0.2) is 10.6 Å². The van der Waals surface area contributed by atoms with Gasteiger partial charge < -0.3 is 0 Å². The van der Waals surface area contributed by atoms with Gasteiger partial charge >= 0.3 is 0 Å². The van der Waals surface area contributed by atoms with Gasteiger partial charge in [-0.3, -0.25) is 14.9 Å². The minimum Gasteiger partial charge on any atom is -0.274 e. The van der Waals surface area contributed by atoms with Gasteiger partial charge in [0, 0.05) is 18.3 Å². The molecule has 1 aromatic rings. The van der Waals surface area contributed by atoms with E-state index < -0.39 is 0 Å². The number of nitrogens with one attached hydrogen (secondary N) is 1. The molecule has 1 amide bonds. The lowest BCUT2D eigenvalue weighted by atomic mass is 10.1. The van der Waals surface area contributed by atoms with Crippen molar-refractivity contribution in [2.75, 3.05) is 5.43 Å². The van der Waals surface area contributed by atoms with E-state index in [1.165, 1.54) is 6.92 Å². The minimum atomic E-state index is -0.0406. The van der Waals surface area contributed by atoms with Gasteiger partial charge in [-0.25, -0.2) is 0 Å². The summed E-state index contributed by atoms with van der Waals surface area (Å²) in [7, 11) is 0. The summed E-state index contributed by atoms with van der Waals surface area (Å²) in [4.78, 5) is 10.9. The number of amides is 1. The average molecular weight is 180 g/mol. The smallest absolute Gasteiger partial charge is 0.235 e. The molecule has 3 nitrogen and oxygen atoms in total. The molecule has 0 aromatic carbocycles. The van der Waals surface area contributed by atoms with Crippen LogP contribution in [0.25, 0.3) is 0 Å². The molecule has 13 heavy (non-hydrogen) atoms. The molecule has 72 valence electrons. The maximum absolute atomic E-state index is 10.9. The number of hydrogen-bond donors (Lipinski definition) is 1. The lowest BCUT2D eigenvalue weighted by molar-refractivity contribution is -0.115. The average Bonchev–Trinajstić information content (AvgIpc) is 2.32. The van der Waals surface area contributed by atoms with Gasteiger partial charge in [0.15, 0.2) is 0 Å². The van der Waals surface area contributed by atoms with E-state index in [9.17, 15) is 4.79 Å². The summed E-state index contributed by atoms with van der Waals surface area (Å²) >= 11 is 0. The van der Waals surface area contributed by atoms with Crippen LogP contribution < -0.4 is 5.43 Å². The minimum absolute atomic E-state index is 0.0406. The summed E-state index contributed by atoms with van der Waals surface area (Å²) < 4.78 is 1.84. The second-order valence-electron chi connectivity index (χ2n) is 3.56. The van der Waals surface area contributed by atoms with E-state index in [0.29, 0.717) is 5.92 Å². The van der Waals surface area contributed by atoms with Gasteiger partial charge in [-0.15, -0.1) is 0 Å². The first-order chi connectivity index (χ1) is 6.02. The van der Waals surface area contributed by atoms with E-state index >= 15 is 0 Å². The molecule has 3 heteroatoms. The largest absolute Gasteiger partial charge is 0.274 e. The van der Waals surface area contributed by atoms with Crippen LogP contribution in [0.15, 0.2) is 12.1 Å². The van der Waals surface area contributed by atoms with Crippen molar-refractivity contribution in [2.45, 2.75) is 33.6 Å². The van der Waals surface area contributed by atoms with Crippen molar-refractivity contribution in [1.29, 1.82) is 0 Å². The second-order valence-corrected chi connectivity index (χ2v) is 3.56. The molecule has 0 saturated carbocycles. The number of nitrogens with zero attached hydrogens (tertiary/aromatic N) is 1. The van der Waals surface area contributed by atoms with E-state index in [0.717, 1.165) is 11.4 Å². The van der Waals surface area contributed by atoms with E-state index in [1.807, 2.05) is 23.7 Å². The Morgan fingerprint density at radius 3 is 2.54 bits per heavy atom. The van der Waals surface area contributed by atoms with Gasteiger partial charge in [0.05, 0.1) is 0 Å². The van der Waals surface area contributed by atoms with E-state index in [-0.39, 0.29) is 5.91 Å². The van der Waals surface area contributed by atoms with Gasteiger partial charge in [-0.05, 0) is 25.0 Å². The molecule has 1 rings (SSSR count). The van der Waals surface area contributed by atoms with Crippen molar-refractivity contribution in [2.24, 2.45) is 0 Å². The third kappa shape index (κ3) is 2.11. The number of rotatable bonds is 2. The number of carbonyl (C=O) groups excluding carboxylic acids is 1. The zero-order valence-electron chi connectivity index (χ0n) is 8.59. The van der Waals surface area contributed by atoms with Crippen LogP contribution >= 0.6 is 0 Å². The van der Waals surface area contributed by atoms with Crippen LogP contribution in [-0.2, 0) is 4.79 Å². The van der Waals surface area contributed by atoms with Gasteiger partial charge in [0.25, 0.3) is 0 Å². The SMILES string of the molecule is CC(=O)Nn1c(C)ccc1C(C)C. The number of hydrogen-bond acceptors (Lipinski definition) is 1. The maximum Gasteiger partial charge on any atom is 0.235 e. The predicted molar refractivity (Wildman–Crippen MR) is 53.3 cm³/mol. The van der Waals surface area contributed by atoms with Gasteiger partial charge in [0.2, 0.25) is 5.91 Å². The van der Waals surface area contributed by atoms with E-state index in [2.05, 4.69) is 19.3 Å². The summed E-state index contributed by atoms with van der Waals surface area (Å²) in [5.74, 6) is 0.377. The van der Waals surface area contributed by atoms with Gasteiger partial charge in [0.1, 0.15) is 0 Å². The van der Waals surface area contributed by atoms with E-state index in [4.69, 9.17) is 0 Å². The highest BCUT2D eigenvalue weighted by Gasteiger charge is 2.08. The number of aromatic nitrogens is 1. The van der Waals surface area contributed by atoms with Crippen molar-refractivity contribution >= 4 is 5.91 Å². The zero-order valence-corrected chi connectivity index (χ0v) is 8.59. The Bertz CT molecular complexity index is 313. The third-order valence-electron chi connectivity index (χ3n) is 1.97. The summed E-state index contributed by atoms with van der Waals surface area (Å²) in [6.07, 6.45) is 0. The first kappa shape index (κ1) is 9.84. The molecule has 0 aliphatic carbocycles. The first-order valence-corrected chi connectivity index (χ1v) is 4.48. The molecule has 0 saturated heterocycles. The fourth-order valence-corrected chi connectivity index (χ4v) is 1.32. The van der Waals surface area contributed by atoms with Crippen LogP contribution in [0.2, 0.25) is 0 Å². The summed E-state index contributed by atoms with van der Waals surface area (Å²) in [5, 5.41) is 0. The molecule has 0 unspecified atom stereocenters. The molecule has 0 radical (unpaired) electrons. The molecular formula is C10H16N2O. The van der Waals surface area contributed by atoms with Crippen LogP contribution in [0.4, 0.5) is 0 Å². The molecule has 0 bridgehead atoms. The standard InChI is InChI=1S/C10H16N2O/c1-7(2)10-6-5-8(3)12(10)11-9(4)13/h5-7H,1-4H3,(H,11,13). The molecule has 0 atom stereocenters. The Morgan fingerprint density at radius 2 is 2.08 bits per heavy atom. The van der Waals surface area contributed by atoms with E-state index in [1.54, 1.807) is 0 Å². The molecular weight excluding hydrogens is 164 g/mol. The Morgan fingerprint density at radius 1 is 1.46 bits per heavy atom. The first-order valence-electron chi connectivity index (χ1n) is 4.48. The highest BCUT2D eigenvalue weighted by Crippen LogP contribution is 2.16. The normalized spacial score (nSPS) is 10.5. The zero-order chi connectivity index (χ0) is 10.0. The molecule has 0 aliphatic rings. The van der Waals surface area contributed by atoms with Crippen molar-refractivity contribution < 1.29 is 4.79 Å². The molecule has 1 heterocycles. The summed E-state index contributed by atoms with van der Waals surface area (Å²) in [6.45, 7) is 7.70. The highest BCUT2D eigenvalue weighted by atomic mass is 16.2. The van der Waals surface area contributed by atoms with Crippen molar-refractivity contribution in [3.8, 4) is 0 Å². The lowest BCUT2D eigenvalue weighted by Gasteiger charge is -2.13. The number of carbonyl (C=O) groups is 1. The number of aryl methyl sites for hydroxylation is 1. The lowest BCUT2D eigenvalue weighted by Crippen LogP contribution is -2.23. The Hall–Kier alpha value is -1.25. The highest BCUT2D eigenvalue weighted by molar-refractivity contribution is 5.81. The van der Waals surface area contributed by atoms with Crippen molar-refractivity contribution in [3.05, 3.63) is 23.5 Å². The Kier molecular flexibility index (Phi) is 2.76. The Labute approximate surface area is 78.7 Å². The van der Waals surface area contributed by atoms with Crippen molar-refractivity contribution in [3.63, 3.8) is 0 Å². The third-order valence-corrected chi connectivity index (χ3v) is 1.97. The molecule has 0 spiro atoms. The quantitative estimate of drug-likeness (QED) is 0.742. The fourth-order valence-electron chi connectivity index (χ4n) is 1.32. The maximum atomic E-state index is 10.9. The van der Waals surface area contributed by atoms with Crippen LogP contribution in [0.3, 0.4) is 0 Å². The monoisotopic (exact) mass is 180 g/mol. The molecule has 0 fully saturated rings. The van der Waals surface area contributed by atoms with Crippen molar-refractivity contribution in [1.82, 2.24) is 4.68 Å². The summed E-state index contributed by atoms with van der Waals surface area (Å²) in [6, 6.07) is 4.04. The second kappa shape index (κ2) is 3.64. The van der Waals surface area contributed by atoms with Gasteiger partial charge in [-0.1, -0.05) is 13.8 Å². The fraction of sp³-hybridized carbons (Fsp3) is 0.500. The summed E-state index contributed by atoms with van der Waals surface area (Å²) in [5.41, 5.74) is 4.97. The van der Waals surface area contributed by atoms with Crippen LogP contribution in [0, 0.1) is 6.92 Å². The Balaban J connectivity index is 3.01. The predicted octanol–water partition coefficient (Wildman–Crippen LogP) is 2.01. The van der Waals surface area contributed by atoms with Gasteiger partial charge in [-0.2, -0.15) is 0 Å². The van der Waals surface area contributed by atoms with Crippen LogP contribution in [0.1, 0.15) is 38.1 Å².